The Morgan fingerprint density at radius 2 is 1.08 bits per heavy atom. The molecule has 13 rings (SSSR count). The number of Topliss-reactive ketones (excluding diaryl/α,β-unsaturated/α-hetero) is 1. The summed E-state index contributed by atoms with van der Waals surface area (Å²) in [6.45, 7) is 5.15. The summed E-state index contributed by atoms with van der Waals surface area (Å²) >= 11 is 6.80. The first-order chi connectivity index (χ1) is 42.4. The van der Waals surface area contributed by atoms with Gasteiger partial charge in [0.2, 0.25) is 0 Å². The van der Waals surface area contributed by atoms with Crippen LogP contribution in [0.5, 0.6) is 11.5 Å². The van der Waals surface area contributed by atoms with Gasteiger partial charge < -0.3 is 14.4 Å². The predicted octanol–water partition coefficient (Wildman–Crippen LogP) is 14.1. The second-order valence-corrected chi connectivity index (χ2v) is 27.1. The normalized spacial score (nSPS) is 12.1. The molecule has 446 valence electrons. The van der Waals surface area contributed by atoms with Crippen LogP contribution in [-0.2, 0) is 36.5 Å². The molecule has 0 aliphatic carbocycles. The molecule has 12 aromatic rings. The van der Waals surface area contributed by atoms with Crippen molar-refractivity contribution in [1.82, 2.24) is 19.9 Å². The van der Waals surface area contributed by atoms with Crippen LogP contribution < -0.4 is 28.5 Å². The standard InChI is InChI=1S/C18H17N3O3S.C18H18N2O3S.C17H13NO.C13H9ClN2O2S2/c1-21-9-10-24-18-11-14(5-6-17(18)21)25(22,23)20-16-4-2-3-13-12-19-8-7-15(13)16;1-13(2)23-15-6-8-16(9-7-15)24(21,22)20-18-5-3-4-14-12-19-11-10-17(14)18;19-17(14-4-2-1-3-5-14)11-13-6-7-16-12-18-9-8-15(16)10-13;14-12-4-5-13(19-12)20(17,18)16-11-3-1-2-9-8-15-7-6-10(9)11/h2-8,11-12,20H,9-10H2,1H3;3-13,20H,1-2H3;1-10,12H,11H2;1-8,16H. The zero-order valence-electron chi connectivity index (χ0n) is 47.6. The minimum Gasteiger partial charge on any atom is -0.491 e. The summed E-state index contributed by atoms with van der Waals surface area (Å²) in [6, 6.07) is 53.4. The van der Waals surface area contributed by atoms with Crippen LogP contribution in [0.2, 0.25) is 4.34 Å². The first kappa shape index (κ1) is 61.6. The fraction of sp³-hybridized carbons (Fsp3) is 0.106. The summed E-state index contributed by atoms with van der Waals surface area (Å²) in [5, 5.41) is 7.24. The Morgan fingerprint density at radius 3 is 1.62 bits per heavy atom. The smallest absolute Gasteiger partial charge is 0.271 e. The van der Waals surface area contributed by atoms with E-state index in [-0.39, 0.29) is 25.9 Å². The van der Waals surface area contributed by atoms with Gasteiger partial charge in [0.25, 0.3) is 30.1 Å². The van der Waals surface area contributed by atoms with E-state index in [0.717, 1.165) is 77.8 Å². The summed E-state index contributed by atoms with van der Waals surface area (Å²) < 4.78 is 95.1. The van der Waals surface area contributed by atoms with Crippen molar-refractivity contribution in [1.29, 1.82) is 0 Å². The molecule has 1 aliphatic rings. The quantitative estimate of drug-likeness (QED) is 0.0861. The number of nitrogens with one attached hydrogen (secondary N) is 3. The molecule has 6 heterocycles. The van der Waals surface area contributed by atoms with Crippen LogP contribution in [0, 0.1) is 0 Å². The SMILES string of the molecule is CC(C)Oc1ccc(S(=O)(=O)Nc2cccc3cnccc23)cc1.CN1CCOc2cc(S(=O)(=O)Nc3cccc4cnccc34)ccc21.O=C(Cc1ccc2cnccc2c1)c1ccccc1.O=S(=O)(Nc1cccc2cnccc12)c1ccc(Cl)s1. The maximum atomic E-state index is 12.8. The lowest BCUT2D eigenvalue weighted by atomic mass is 10.0. The van der Waals surface area contributed by atoms with Gasteiger partial charge in [0.15, 0.2) is 5.78 Å². The highest BCUT2D eigenvalue weighted by Gasteiger charge is 2.23. The predicted molar refractivity (Wildman–Crippen MR) is 351 cm³/mol. The molecule has 0 atom stereocenters. The molecule has 0 radical (unpaired) electrons. The van der Waals surface area contributed by atoms with Crippen LogP contribution in [0.25, 0.3) is 43.1 Å². The number of hydrogen-bond acceptors (Lipinski definition) is 15. The molecule has 0 spiro atoms. The second-order valence-electron chi connectivity index (χ2n) is 20.1. The van der Waals surface area contributed by atoms with Crippen molar-refractivity contribution in [2.45, 2.75) is 40.4 Å². The molecule has 0 saturated carbocycles. The molecule has 17 nitrogen and oxygen atoms in total. The number of carbonyl (C=O) groups is 1. The molecule has 22 heteroatoms. The summed E-state index contributed by atoms with van der Waals surface area (Å²) in [7, 11) is -9.06. The second kappa shape index (κ2) is 27.5. The topological polar surface area (TPSA) is 229 Å². The van der Waals surface area contributed by atoms with Crippen LogP contribution in [0.1, 0.15) is 29.8 Å². The molecule has 0 saturated heterocycles. The van der Waals surface area contributed by atoms with Crippen LogP contribution in [-0.4, -0.2) is 77.3 Å². The van der Waals surface area contributed by atoms with Gasteiger partial charge in [-0.05, 0) is 116 Å². The summed E-state index contributed by atoms with van der Waals surface area (Å²) in [6.07, 6.45) is 14.1. The first-order valence-electron chi connectivity index (χ1n) is 27.4. The minimum absolute atomic E-state index is 0.0369. The van der Waals surface area contributed by atoms with Gasteiger partial charge in [-0.2, -0.15) is 0 Å². The number of ketones is 1. The number of anilines is 4. The first-order valence-corrected chi connectivity index (χ1v) is 33.0. The van der Waals surface area contributed by atoms with Crippen LogP contribution in [0.4, 0.5) is 22.7 Å². The van der Waals surface area contributed by atoms with Gasteiger partial charge in [-0.3, -0.25) is 38.9 Å². The van der Waals surface area contributed by atoms with Gasteiger partial charge in [-0.1, -0.05) is 96.5 Å². The van der Waals surface area contributed by atoms with Gasteiger partial charge in [0, 0.05) is 112 Å². The van der Waals surface area contributed by atoms with Crippen LogP contribution >= 0.6 is 22.9 Å². The van der Waals surface area contributed by atoms with E-state index in [1.54, 1.807) is 134 Å². The monoisotopic (exact) mass is 1270 g/mol. The van der Waals surface area contributed by atoms with Gasteiger partial charge >= 0.3 is 0 Å². The molecule has 3 N–H and O–H groups in total. The molecular formula is C66H57ClN8O9S4. The van der Waals surface area contributed by atoms with E-state index in [1.807, 2.05) is 98.7 Å². The fourth-order valence-electron chi connectivity index (χ4n) is 9.31. The van der Waals surface area contributed by atoms with E-state index in [0.29, 0.717) is 45.9 Å². The van der Waals surface area contributed by atoms with Crippen LogP contribution in [0.3, 0.4) is 0 Å². The van der Waals surface area contributed by atoms with Crippen molar-refractivity contribution in [3.05, 3.63) is 247 Å². The third kappa shape index (κ3) is 15.4. The van der Waals surface area contributed by atoms with Crippen molar-refractivity contribution in [3.8, 4) is 11.5 Å². The van der Waals surface area contributed by atoms with Crippen molar-refractivity contribution in [2.75, 3.05) is 39.3 Å². The van der Waals surface area contributed by atoms with Crippen LogP contribution in [0.15, 0.2) is 246 Å². The Hall–Kier alpha value is -9.51. The Labute approximate surface area is 518 Å². The van der Waals surface area contributed by atoms with Gasteiger partial charge in [-0.25, -0.2) is 25.3 Å². The Morgan fingerprint density at radius 1 is 0.557 bits per heavy atom. The van der Waals surface area contributed by atoms with Crippen molar-refractivity contribution >= 4 is 125 Å². The van der Waals surface area contributed by atoms with Gasteiger partial charge in [0.05, 0.1) is 49.5 Å². The zero-order valence-corrected chi connectivity index (χ0v) is 51.6. The molecule has 0 fully saturated rings. The lowest BCUT2D eigenvalue weighted by Gasteiger charge is -2.27. The van der Waals surface area contributed by atoms with E-state index in [1.165, 1.54) is 18.2 Å². The number of nitrogens with zero attached hydrogens (tertiary/aromatic N) is 5. The van der Waals surface area contributed by atoms with E-state index in [2.05, 4.69) is 40.2 Å². The largest absolute Gasteiger partial charge is 0.491 e. The van der Waals surface area contributed by atoms with E-state index in [4.69, 9.17) is 21.1 Å². The maximum Gasteiger partial charge on any atom is 0.271 e. The number of aromatic nitrogens is 4. The number of sulfonamides is 3. The maximum absolute atomic E-state index is 12.8. The van der Waals surface area contributed by atoms with Crippen molar-refractivity contribution in [3.63, 3.8) is 0 Å². The number of hydrogen-bond donors (Lipinski definition) is 3. The summed E-state index contributed by atoms with van der Waals surface area (Å²) in [4.78, 5) is 30.8. The fourth-order valence-corrected chi connectivity index (χ4v) is 14.0. The molecule has 1 aliphatic heterocycles. The molecule has 0 unspecified atom stereocenters. The van der Waals surface area contributed by atoms with E-state index < -0.39 is 30.1 Å². The summed E-state index contributed by atoms with van der Waals surface area (Å²) in [5.74, 6) is 1.37. The third-order valence-corrected chi connectivity index (χ3v) is 19.4. The Kier molecular flexibility index (Phi) is 19.2. The average Bonchev–Trinajstić information content (AvgIpc) is 3.43. The van der Waals surface area contributed by atoms with Crippen molar-refractivity contribution < 1.29 is 39.5 Å². The van der Waals surface area contributed by atoms with Gasteiger partial charge in [-0.15, -0.1) is 11.3 Å². The number of pyridine rings is 4. The number of rotatable bonds is 14. The molecule has 7 aromatic carbocycles. The molecule has 0 bridgehead atoms. The number of fused-ring (bicyclic) bond motifs is 5. The number of thiophene rings is 1. The average molecular weight is 1270 g/mol. The Bertz CT molecular complexity index is 4800. The molecule has 5 aromatic heterocycles. The number of benzene rings is 7. The lowest BCUT2D eigenvalue weighted by molar-refractivity contribution is 0.0993. The lowest BCUT2D eigenvalue weighted by Crippen LogP contribution is -2.29. The van der Waals surface area contributed by atoms with Crippen molar-refractivity contribution in [2.24, 2.45) is 0 Å². The third-order valence-electron chi connectivity index (χ3n) is 13.6. The zero-order chi connectivity index (χ0) is 61.8. The molecule has 88 heavy (non-hydrogen) atoms. The number of ether oxygens (including phenoxy) is 2. The number of carbonyl (C=O) groups excluding carboxylic acids is 1. The highest BCUT2D eigenvalue weighted by molar-refractivity contribution is 7.94. The number of halogens is 1. The minimum atomic E-state index is -3.72. The highest BCUT2D eigenvalue weighted by atomic mass is 35.5. The summed E-state index contributed by atoms with van der Waals surface area (Å²) in [5.41, 5.74) is 4.26. The van der Waals surface area contributed by atoms with E-state index >= 15 is 0 Å². The number of likely N-dealkylation sites (N-methyl/N-ethyl adjacent to an activating group) is 1. The molecule has 0 amide bonds. The molecular weight excluding hydrogens is 1210 g/mol. The Balaban J connectivity index is 0.000000130. The highest BCUT2D eigenvalue weighted by Crippen LogP contribution is 2.35. The van der Waals surface area contributed by atoms with Gasteiger partial charge in [0.1, 0.15) is 22.3 Å². The van der Waals surface area contributed by atoms with E-state index in [9.17, 15) is 30.0 Å².